The maximum atomic E-state index is 6.20. The van der Waals surface area contributed by atoms with E-state index in [9.17, 15) is 0 Å². The average Bonchev–Trinajstić information content (AvgIpc) is 3.74. The molecule has 0 heterocycles. The molecule has 0 saturated heterocycles. The Morgan fingerprint density at radius 3 is 1.67 bits per heavy atom. The first-order chi connectivity index (χ1) is 25.2. The van der Waals surface area contributed by atoms with Crippen LogP contribution in [0.4, 0.5) is 0 Å². The van der Waals surface area contributed by atoms with Gasteiger partial charge in [0.05, 0.1) is 13.2 Å². The number of hydrogen-bond acceptors (Lipinski definition) is 4. The van der Waals surface area contributed by atoms with Crippen molar-refractivity contribution in [2.24, 2.45) is 0 Å². The van der Waals surface area contributed by atoms with Crippen molar-refractivity contribution in [2.75, 3.05) is 13.2 Å². The smallest absolute Gasteiger partial charge is 0.169 e. The zero-order valence-electron chi connectivity index (χ0n) is 31.4. The van der Waals surface area contributed by atoms with E-state index >= 15 is 0 Å². The van der Waals surface area contributed by atoms with Crippen LogP contribution in [0.15, 0.2) is 84.9 Å². The molecule has 2 aliphatic carbocycles. The first-order valence-electron chi connectivity index (χ1n) is 20.2. The van der Waals surface area contributed by atoms with Gasteiger partial charge >= 0.3 is 0 Å². The van der Waals surface area contributed by atoms with Crippen LogP contribution in [0.5, 0.6) is 17.2 Å². The third kappa shape index (κ3) is 9.77. The highest BCUT2D eigenvalue weighted by molar-refractivity contribution is 5.61. The van der Waals surface area contributed by atoms with E-state index in [1.807, 2.05) is 12.1 Å². The van der Waals surface area contributed by atoms with E-state index in [1.54, 1.807) is 0 Å². The molecule has 4 nitrogen and oxygen atoms in total. The second kappa shape index (κ2) is 19.2. The number of aryl methyl sites for hydroxylation is 2. The molecule has 4 aromatic rings. The Bertz CT molecular complexity index is 1620. The van der Waals surface area contributed by atoms with Crippen molar-refractivity contribution in [2.45, 2.75) is 135 Å². The summed E-state index contributed by atoms with van der Waals surface area (Å²) in [6, 6.07) is 30.4. The maximum Gasteiger partial charge on any atom is 0.169 e. The summed E-state index contributed by atoms with van der Waals surface area (Å²) in [7, 11) is 0. The van der Waals surface area contributed by atoms with Gasteiger partial charge in [-0.05, 0) is 109 Å². The average molecular weight is 689 g/mol. The van der Waals surface area contributed by atoms with Crippen molar-refractivity contribution in [1.82, 2.24) is 0 Å². The second-order valence-corrected chi connectivity index (χ2v) is 14.9. The van der Waals surface area contributed by atoms with Gasteiger partial charge in [0.25, 0.3) is 0 Å². The monoisotopic (exact) mass is 688 g/mol. The fourth-order valence-electron chi connectivity index (χ4n) is 8.38. The van der Waals surface area contributed by atoms with Crippen LogP contribution in [0, 0.1) is 0 Å². The number of unbranched alkanes of at least 4 members (excludes halogenated alkanes) is 10. The number of ether oxygens (including phenoxy) is 2. The van der Waals surface area contributed by atoms with E-state index in [4.69, 9.17) is 19.2 Å². The summed E-state index contributed by atoms with van der Waals surface area (Å²) in [4.78, 5) is 12.1. The summed E-state index contributed by atoms with van der Waals surface area (Å²) < 4.78 is 12.1. The molecule has 0 aromatic heterocycles. The first kappa shape index (κ1) is 37.0. The zero-order valence-corrected chi connectivity index (χ0v) is 31.4. The molecule has 1 spiro atoms. The molecule has 6 rings (SSSR count). The van der Waals surface area contributed by atoms with E-state index in [-0.39, 0.29) is 5.41 Å². The Kier molecular flexibility index (Phi) is 13.9. The summed E-state index contributed by atoms with van der Waals surface area (Å²) in [5.41, 5.74) is 9.47. The maximum absolute atomic E-state index is 6.20. The molecule has 2 aliphatic rings. The predicted octanol–water partition coefficient (Wildman–Crippen LogP) is 12.4. The number of rotatable bonds is 22. The fraction of sp³-hybridized carbons (Fsp3) is 0.489. The molecule has 0 aliphatic heterocycles. The lowest BCUT2D eigenvalue weighted by Gasteiger charge is -2.30. The highest BCUT2D eigenvalue weighted by atomic mass is 17.2. The van der Waals surface area contributed by atoms with Crippen molar-refractivity contribution in [3.63, 3.8) is 0 Å². The summed E-state index contributed by atoms with van der Waals surface area (Å²) in [5, 5.41) is 0. The fourth-order valence-corrected chi connectivity index (χ4v) is 8.38. The molecule has 51 heavy (non-hydrogen) atoms. The van der Waals surface area contributed by atoms with Gasteiger partial charge in [0.2, 0.25) is 0 Å². The molecule has 0 N–H and O–H groups in total. The van der Waals surface area contributed by atoms with Gasteiger partial charge in [-0.15, -0.1) is 0 Å². The van der Waals surface area contributed by atoms with Crippen molar-refractivity contribution in [3.05, 3.63) is 124 Å². The molecule has 0 bridgehead atoms. The summed E-state index contributed by atoms with van der Waals surface area (Å²) in [5.74, 6) is 2.75. The highest BCUT2D eigenvalue weighted by Gasteiger charge is 2.48. The zero-order chi connectivity index (χ0) is 35.1. The Labute approximate surface area is 307 Å². The van der Waals surface area contributed by atoms with E-state index in [2.05, 4.69) is 86.6 Å². The van der Waals surface area contributed by atoms with Gasteiger partial charge in [-0.25, -0.2) is 0 Å². The molecule has 0 saturated carbocycles. The standard InChI is InChI=1S/C47H60O4/c1-3-5-7-9-11-13-33-48-42-25-21-37(22-26-42)35-41-19-15-17-39-29-31-47(45(39)41)32-30-40-18-16-20-44(46(40)47)51-50-36-38-23-27-43(28-24-38)49-34-14-12-10-8-6-4-2/h15-28H,3-14,29-36H2,1-2H3. The Balaban J connectivity index is 1.06. The van der Waals surface area contributed by atoms with Crippen LogP contribution in [-0.4, -0.2) is 13.2 Å². The molecule has 0 fully saturated rings. The van der Waals surface area contributed by atoms with Crippen LogP contribution < -0.4 is 14.4 Å². The molecular weight excluding hydrogens is 629 g/mol. The minimum absolute atomic E-state index is 0.0453. The Morgan fingerprint density at radius 2 is 1.06 bits per heavy atom. The topological polar surface area (TPSA) is 36.9 Å². The van der Waals surface area contributed by atoms with Crippen LogP contribution in [0.25, 0.3) is 0 Å². The van der Waals surface area contributed by atoms with Crippen LogP contribution >= 0.6 is 0 Å². The van der Waals surface area contributed by atoms with Gasteiger partial charge in [0.1, 0.15) is 18.1 Å². The van der Waals surface area contributed by atoms with Crippen LogP contribution in [-0.2, 0) is 36.2 Å². The van der Waals surface area contributed by atoms with Gasteiger partial charge in [-0.1, -0.05) is 133 Å². The molecular formula is C47H60O4. The van der Waals surface area contributed by atoms with Gasteiger partial charge in [0, 0.05) is 11.0 Å². The minimum atomic E-state index is -0.0453. The molecule has 1 unspecified atom stereocenters. The van der Waals surface area contributed by atoms with Crippen LogP contribution in [0.1, 0.15) is 143 Å². The summed E-state index contributed by atoms with van der Waals surface area (Å²) >= 11 is 0. The normalized spacial score (nSPS) is 16.0. The lowest BCUT2D eigenvalue weighted by Crippen LogP contribution is -2.24. The van der Waals surface area contributed by atoms with Crippen molar-refractivity contribution >= 4 is 0 Å². The van der Waals surface area contributed by atoms with Crippen molar-refractivity contribution in [1.29, 1.82) is 0 Å². The molecule has 4 aromatic carbocycles. The largest absolute Gasteiger partial charge is 0.494 e. The molecule has 272 valence electrons. The van der Waals surface area contributed by atoms with E-state index in [0.29, 0.717) is 6.61 Å². The summed E-state index contributed by atoms with van der Waals surface area (Å²) in [6.07, 6.45) is 20.6. The molecule has 0 radical (unpaired) electrons. The number of benzene rings is 4. The lowest BCUT2D eigenvalue weighted by molar-refractivity contribution is -0.218. The van der Waals surface area contributed by atoms with Gasteiger partial charge < -0.3 is 14.4 Å². The minimum Gasteiger partial charge on any atom is -0.494 e. The van der Waals surface area contributed by atoms with Gasteiger partial charge in [-0.3, -0.25) is 0 Å². The molecule has 0 amide bonds. The Hall–Kier alpha value is -3.76. The molecule has 4 heteroatoms. The third-order valence-corrected chi connectivity index (χ3v) is 11.1. The van der Waals surface area contributed by atoms with Crippen LogP contribution in [0.3, 0.4) is 0 Å². The molecule has 1 atom stereocenters. The van der Waals surface area contributed by atoms with E-state index < -0.39 is 0 Å². The SMILES string of the molecule is CCCCCCCCOc1ccc(COOc2cccc3c2C2(CCc4cccc(Cc5ccc(OCCCCCCCC)cc5)c42)CC3)cc1. The summed E-state index contributed by atoms with van der Waals surface area (Å²) in [6.45, 7) is 6.48. The third-order valence-electron chi connectivity index (χ3n) is 11.1. The van der Waals surface area contributed by atoms with Gasteiger partial charge in [-0.2, -0.15) is 4.89 Å². The van der Waals surface area contributed by atoms with Crippen molar-refractivity contribution < 1.29 is 19.2 Å². The van der Waals surface area contributed by atoms with E-state index in [1.165, 1.54) is 97.6 Å². The lowest BCUT2D eigenvalue weighted by atomic mass is 9.74. The highest BCUT2D eigenvalue weighted by Crippen LogP contribution is 2.56. The second-order valence-electron chi connectivity index (χ2n) is 14.9. The van der Waals surface area contributed by atoms with Crippen molar-refractivity contribution in [3.8, 4) is 17.2 Å². The number of fused-ring (bicyclic) bond motifs is 4. The first-order valence-corrected chi connectivity index (χ1v) is 20.2. The van der Waals surface area contributed by atoms with Gasteiger partial charge in [0.15, 0.2) is 5.75 Å². The number of hydrogen-bond donors (Lipinski definition) is 0. The Morgan fingerprint density at radius 1 is 0.529 bits per heavy atom. The quantitative estimate of drug-likeness (QED) is 0.0468. The van der Waals surface area contributed by atoms with Crippen LogP contribution in [0.2, 0.25) is 0 Å². The predicted molar refractivity (Wildman–Crippen MR) is 209 cm³/mol. The van der Waals surface area contributed by atoms with E-state index in [0.717, 1.165) is 81.0 Å².